The van der Waals surface area contributed by atoms with E-state index in [1.807, 2.05) is 19.1 Å². The van der Waals surface area contributed by atoms with Crippen LogP contribution in [0.3, 0.4) is 0 Å². The minimum Gasteiger partial charge on any atom is -0.271 e. The molecule has 0 saturated carbocycles. The Morgan fingerprint density at radius 3 is 2.47 bits per heavy atom. The van der Waals surface area contributed by atoms with Crippen LogP contribution in [-0.4, -0.2) is 4.98 Å². The number of pyridine rings is 1. The predicted molar refractivity (Wildman–Crippen MR) is 69.1 cm³/mol. The second-order valence-corrected chi connectivity index (χ2v) is 4.43. The Bertz CT molecular complexity index is 552. The van der Waals surface area contributed by atoms with E-state index in [1.165, 1.54) is 12.1 Å². The van der Waals surface area contributed by atoms with E-state index in [4.69, 9.17) is 5.84 Å². The lowest BCUT2D eigenvalue weighted by Crippen LogP contribution is -2.29. The number of aromatic nitrogens is 1. The molecular weight excluding hydrogens is 248 g/mol. The van der Waals surface area contributed by atoms with Gasteiger partial charge in [-0.2, -0.15) is 0 Å². The smallest absolute Gasteiger partial charge is 0.126 e. The molecule has 1 aromatic carbocycles. The molecule has 3 nitrogen and oxygen atoms in total. The van der Waals surface area contributed by atoms with Crippen molar-refractivity contribution in [1.82, 2.24) is 10.4 Å². The molecule has 19 heavy (non-hydrogen) atoms. The fraction of sp³-hybridized carbons (Fsp3) is 0.214. The van der Waals surface area contributed by atoms with Gasteiger partial charge in [0, 0.05) is 18.0 Å². The first kappa shape index (κ1) is 13.6. The van der Waals surface area contributed by atoms with E-state index >= 15 is 0 Å². The van der Waals surface area contributed by atoms with E-state index in [1.54, 1.807) is 6.20 Å². The molecule has 0 aliphatic heterocycles. The van der Waals surface area contributed by atoms with Gasteiger partial charge < -0.3 is 0 Å². The van der Waals surface area contributed by atoms with Gasteiger partial charge in [-0.25, -0.2) is 8.78 Å². The van der Waals surface area contributed by atoms with Gasteiger partial charge in [-0.3, -0.25) is 16.3 Å². The zero-order chi connectivity index (χ0) is 13.8. The van der Waals surface area contributed by atoms with Crippen molar-refractivity contribution < 1.29 is 8.78 Å². The summed E-state index contributed by atoms with van der Waals surface area (Å²) < 4.78 is 26.3. The number of nitrogens with two attached hydrogens (primary N) is 1. The fourth-order valence-electron chi connectivity index (χ4n) is 2.02. The summed E-state index contributed by atoms with van der Waals surface area (Å²) in [5.41, 5.74) is 5.01. The Balaban J connectivity index is 2.23. The van der Waals surface area contributed by atoms with Gasteiger partial charge in [0.05, 0.1) is 6.04 Å². The number of nitrogens with zero attached hydrogens (tertiary/aromatic N) is 1. The lowest BCUT2D eigenvalue weighted by Gasteiger charge is -2.16. The van der Waals surface area contributed by atoms with E-state index in [-0.39, 0.29) is 6.04 Å². The molecule has 1 atom stereocenters. The van der Waals surface area contributed by atoms with Gasteiger partial charge in [0.15, 0.2) is 0 Å². The van der Waals surface area contributed by atoms with E-state index in [2.05, 4.69) is 10.4 Å². The van der Waals surface area contributed by atoms with E-state index in [9.17, 15) is 8.78 Å². The number of hydrogen-bond donors (Lipinski definition) is 2. The van der Waals surface area contributed by atoms with Crippen LogP contribution in [0.25, 0.3) is 0 Å². The average molecular weight is 263 g/mol. The minimum atomic E-state index is -0.586. The molecule has 0 aliphatic carbocycles. The summed E-state index contributed by atoms with van der Waals surface area (Å²) in [6.45, 7) is 1.87. The van der Waals surface area contributed by atoms with Gasteiger partial charge >= 0.3 is 0 Å². The van der Waals surface area contributed by atoms with Crippen molar-refractivity contribution in [2.24, 2.45) is 5.84 Å². The summed E-state index contributed by atoms with van der Waals surface area (Å²) in [6, 6.07) is 6.96. The molecule has 100 valence electrons. The second-order valence-electron chi connectivity index (χ2n) is 4.43. The first-order valence-corrected chi connectivity index (χ1v) is 5.92. The van der Waals surface area contributed by atoms with Gasteiger partial charge in [0.2, 0.25) is 0 Å². The van der Waals surface area contributed by atoms with Gasteiger partial charge in [-0.05, 0) is 48.7 Å². The number of benzene rings is 1. The number of hydrazine groups is 1. The quantitative estimate of drug-likeness (QED) is 0.658. The monoisotopic (exact) mass is 263 g/mol. The topological polar surface area (TPSA) is 50.9 Å². The van der Waals surface area contributed by atoms with Crippen LogP contribution in [0.5, 0.6) is 0 Å². The highest BCUT2D eigenvalue weighted by Crippen LogP contribution is 2.19. The lowest BCUT2D eigenvalue weighted by molar-refractivity contribution is 0.539. The maximum absolute atomic E-state index is 13.1. The summed E-state index contributed by atoms with van der Waals surface area (Å²) >= 11 is 0. The summed E-state index contributed by atoms with van der Waals surface area (Å²) in [5.74, 6) is 4.35. The van der Waals surface area contributed by atoms with Crippen molar-refractivity contribution in [2.75, 3.05) is 0 Å². The molecule has 1 unspecified atom stereocenters. The SMILES string of the molecule is Cc1cc(C(Cc2cc(F)cc(F)c2)NN)ccn1. The van der Waals surface area contributed by atoms with Crippen LogP contribution in [0, 0.1) is 18.6 Å². The fourth-order valence-corrected chi connectivity index (χ4v) is 2.02. The Hall–Kier alpha value is -1.85. The van der Waals surface area contributed by atoms with E-state index in [0.717, 1.165) is 17.3 Å². The molecular formula is C14H15F2N3. The highest BCUT2D eigenvalue weighted by Gasteiger charge is 2.12. The zero-order valence-electron chi connectivity index (χ0n) is 10.5. The van der Waals surface area contributed by atoms with Crippen molar-refractivity contribution in [3.8, 4) is 0 Å². The Labute approximate surface area is 110 Å². The van der Waals surface area contributed by atoms with Crippen LogP contribution in [0.15, 0.2) is 36.5 Å². The van der Waals surface area contributed by atoms with E-state index < -0.39 is 11.6 Å². The second kappa shape index (κ2) is 5.86. The molecule has 5 heteroatoms. The van der Waals surface area contributed by atoms with Gasteiger partial charge in [0.1, 0.15) is 11.6 Å². The predicted octanol–water partition coefficient (Wildman–Crippen LogP) is 2.42. The molecule has 0 spiro atoms. The third-order valence-electron chi connectivity index (χ3n) is 2.89. The van der Waals surface area contributed by atoms with Crippen LogP contribution in [-0.2, 0) is 6.42 Å². The number of aryl methyl sites for hydroxylation is 1. The van der Waals surface area contributed by atoms with Gasteiger partial charge in [0.25, 0.3) is 0 Å². The maximum Gasteiger partial charge on any atom is 0.126 e. The molecule has 3 N–H and O–H groups in total. The number of rotatable bonds is 4. The average Bonchev–Trinajstić information content (AvgIpc) is 2.34. The van der Waals surface area contributed by atoms with Crippen LogP contribution in [0.2, 0.25) is 0 Å². The summed E-state index contributed by atoms with van der Waals surface area (Å²) in [7, 11) is 0. The van der Waals surface area contributed by atoms with Crippen molar-refractivity contribution in [2.45, 2.75) is 19.4 Å². The molecule has 1 aromatic heterocycles. The number of nitrogens with one attached hydrogen (secondary N) is 1. The third-order valence-corrected chi connectivity index (χ3v) is 2.89. The molecule has 1 heterocycles. The van der Waals surface area contributed by atoms with E-state index in [0.29, 0.717) is 12.0 Å². The number of hydrogen-bond acceptors (Lipinski definition) is 3. The van der Waals surface area contributed by atoms with Gasteiger partial charge in [-0.1, -0.05) is 0 Å². The van der Waals surface area contributed by atoms with Crippen LogP contribution < -0.4 is 11.3 Å². The van der Waals surface area contributed by atoms with Crippen molar-refractivity contribution in [3.63, 3.8) is 0 Å². The maximum atomic E-state index is 13.1. The molecule has 0 fully saturated rings. The first-order chi connectivity index (χ1) is 9.08. The Morgan fingerprint density at radius 1 is 1.21 bits per heavy atom. The first-order valence-electron chi connectivity index (χ1n) is 5.92. The largest absolute Gasteiger partial charge is 0.271 e. The molecule has 0 radical (unpaired) electrons. The number of halogens is 2. The normalized spacial score (nSPS) is 12.4. The van der Waals surface area contributed by atoms with Crippen molar-refractivity contribution in [1.29, 1.82) is 0 Å². The van der Waals surface area contributed by atoms with Crippen LogP contribution in [0.1, 0.15) is 22.9 Å². The third kappa shape index (κ3) is 3.56. The highest BCUT2D eigenvalue weighted by molar-refractivity contribution is 5.24. The minimum absolute atomic E-state index is 0.220. The molecule has 2 aromatic rings. The van der Waals surface area contributed by atoms with Crippen LogP contribution in [0.4, 0.5) is 8.78 Å². The molecule has 0 aliphatic rings. The Kier molecular flexibility index (Phi) is 4.19. The molecule has 2 rings (SSSR count). The zero-order valence-corrected chi connectivity index (χ0v) is 10.5. The summed E-state index contributed by atoms with van der Waals surface area (Å²) in [5, 5.41) is 0. The Morgan fingerprint density at radius 2 is 1.89 bits per heavy atom. The van der Waals surface area contributed by atoms with Crippen molar-refractivity contribution in [3.05, 3.63) is 65.0 Å². The molecule has 0 amide bonds. The summed E-state index contributed by atoms with van der Waals surface area (Å²) in [6.07, 6.45) is 2.08. The lowest BCUT2D eigenvalue weighted by atomic mass is 9.99. The summed E-state index contributed by atoms with van der Waals surface area (Å²) in [4.78, 5) is 4.10. The standard InChI is InChI=1S/C14H15F2N3/c1-9-4-11(2-3-18-9)14(19-17)7-10-5-12(15)8-13(16)6-10/h2-6,8,14,19H,7,17H2,1H3. The molecule has 0 saturated heterocycles. The van der Waals surface area contributed by atoms with Crippen molar-refractivity contribution >= 4 is 0 Å². The molecule has 0 bridgehead atoms. The van der Waals surface area contributed by atoms with Crippen LogP contribution >= 0.6 is 0 Å². The highest BCUT2D eigenvalue weighted by atomic mass is 19.1. The van der Waals surface area contributed by atoms with Gasteiger partial charge in [-0.15, -0.1) is 0 Å².